The van der Waals surface area contributed by atoms with Crippen molar-refractivity contribution in [2.45, 2.75) is 24.9 Å². The average Bonchev–Trinajstić information content (AvgIpc) is 2.39. The summed E-state index contributed by atoms with van der Waals surface area (Å²) in [5, 5.41) is 10.1. The maximum Gasteiger partial charge on any atom is 0.339 e. The molecule has 8 nitrogen and oxygen atoms in total. The van der Waals surface area contributed by atoms with Gasteiger partial charge < -0.3 is 10.5 Å². The lowest BCUT2D eigenvalue weighted by atomic mass is 9.99. The summed E-state index contributed by atoms with van der Waals surface area (Å²) in [6.07, 6.45) is 1.12. The highest BCUT2D eigenvalue weighted by atomic mass is 16.7. The molecule has 1 fully saturated rings. The summed E-state index contributed by atoms with van der Waals surface area (Å²) in [5.74, 6) is -0.427. The molecule has 0 saturated carbocycles. The Morgan fingerprint density at radius 1 is 1.47 bits per heavy atom. The molecule has 0 radical (unpaired) electrons. The Bertz CT molecular complexity index is 381. The van der Waals surface area contributed by atoms with Crippen LogP contribution < -0.4 is 5.73 Å². The molecule has 0 bridgehead atoms. The summed E-state index contributed by atoms with van der Waals surface area (Å²) in [4.78, 5) is 29.1. The highest BCUT2D eigenvalue weighted by molar-refractivity contribution is 5.72. The molecule has 2 N–H and O–H groups in total. The molecule has 0 spiro atoms. The number of methoxy groups -OCH3 is 1. The van der Waals surface area contributed by atoms with Gasteiger partial charge in [0.15, 0.2) is 0 Å². The lowest BCUT2D eigenvalue weighted by molar-refractivity contribution is -0.147. The second-order valence-corrected chi connectivity index (χ2v) is 4.23. The first kappa shape index (κ1) is 15.2. The zero-order valence-corrected chi connectivity index (χ0v) is 11.0. The first-order valence-electron chi connectivity index (χ1n) is 5.86. The number of primary amides is 1. The summed E-state index contributed by atoms with van der Waals surface area (Å²) >= 11 is 0. The van der Waals surface area contributed by atoms with Gasteiger partial charge in [-0.05, 0) is 12.8 Å². The van der Waals surface area contributed by atoms with Crippen molar-refractivity contribution in [2.24, 2.45) is 5.73 Å². The van der Waals surface area contributed by atoms with Gasteiger partial charge in [0.05, 0.1) is 38.9 Å². The second kappa shape index (κ2) is 6.92. The number of ether oxygens (including phenoxy) is 1. The molecule has 19 heavy (non-hydrogen) atoms. The van der Waals surface area contributed by atoms with Crippen molar-refractivity contribution >= 4 is 12.0 Å². The number of carbonyl (C=O) groups is 2. The van der Waals surface area contributed by atoms with Crippen LogP contribution in [0, 0.1) is 11.3 Å². The number of urea groups is 1. The standard InChI is InChI=1S/C11H18N4O4/c1-18-10(16)7-14-6-9(4-3-8(14)5-12)15(19-2)11(13)17/h8-9H,3-4,6-7H2,1-2H3,(H2,13,17). The van der Waals surface area contributed by atoms with Crippen LogP contribution in [0.15, 0.2) is 0 Å². The van der Waals surface area contributed by atoms with Gasteiger partial charge >= 0.3 is 12.0 Å². The number of likely N-dealkylation sites (tertiary alicyclic amines) is 1. The maximum absolute atomic E-state index is 11.3. The van der Waals surface area contributed by atoms with Crippen molar-refractivity contribution in [2.75, 3.05) is 27.3 Å². The number of hydrogen-bond acceptors (Lipinski definition) is 6. The van der Waals surface area contributed by atoms with Gasteiger partial charge in [-0.25, -0.2) is 4.79 Å². The number of nitrogens with two attached hydrogens (primary N) is 1. The Morgan fingerprint density at radius 3 is 2.63 bits per heavy atom. The molecule has 1 saturated heterocycles. The van der Waals surface area contributed by atoms with Gasteiger partial charge in [-0.2, -0.15) is 10.3 Å². The van der Waals surface area contributed by atoms with Crippen molar-refractivity contribution in [1.82, 2.24) is 9.96 Å². The summed E-state index contributed by atoms with van der Waals surface area (Å²) in [6.45, 7) is 0.339. The molecule has 2 amide bonds. The van der Waals surface area contributed by atoms with Crippen LogP contribution in [0.1, 0.15) is 12.8 Å². The largest absolute Gasteiger partial charge is 0.468 e. The lowest BCUT2D eigenvalue weighted by Gasteiger charge is -2.38. The zero-order chi connectivity index (χ0) is 14.4. The van der Waals surface area contributed by atoms with Crippen LogP contribution in [0.3, 0.4) is 0 Å². The minimum absolute atomic E-state index is 0.00153. The maximum atomic E-state index is 11.3. The zero-order valence-electron chi connectivity index (χ0n) is 11.0. The smallest absolute Gasteiger partial charge is 0.339 e. The van der Waals surface area contributed by atoms with Crippen molar-refractivity contribution in [3.8, 4) is 6.07 Å². The molecular weight excluding hydrogens is 252 g/mol. The molecule has 1 aliphatic rings. The van der Waals surface area contributed by atoms with Crippen LogP contribution in [0.5, 0.6) is 0 Å². The van der Waals surface area contributed by atoms with E-state index >= 15 is 0 Å². The van der Waals surface area contributed by atoms with Crippen molar-refractivity contribution in [3.63, 3.8) is 0 Å². The Hall–Kier alpha value is -1.85. The van der Waals surface area contributed by atoms with E-state index in [1.807, 2.05) is 0 Å². The highest BCUT2D eigenvalue weighted by Crippen LogP contribution is 2.21. The molecule has 8 heteroatoms. The summed E-state index contributed by atoms with van der Waals surface area (Å²) in [7, 11) is 2.64. The van der Waals surface area contributed by atoms with E-state index in [0.717, 1.165) is 5.06 Å². The number of esters is 1. The third kappa shape index (κ3) is 3.81. The fourth-order valence-electron chi connectivity index (χ4n) is 2.18. The van der Waals surface area contributed by atoms with Crippen LogP contribution in [-0.2, 0) is 14.4 Å². The molecule has 2 unspecified atom stereocenters. The van der Waals surface area contributed by atoms with Crippen molar-refractivity contribution in [1.29, 1.82) is 5.26 Å². The Balaban J connectivity index is 2.74. The minimum Gasteiger partial charge on any atom is -0.468 e. The molecule has 0 aromatic carbocycles. The topological polar surface area (TPSA) is 109 Å². The van der Waals surface area contributed by atoms with Crippen LogP contribution >= 0.6 is 0 Å². The van der Waals surface area contributed by atoms with Gasteiger partial charge in [0.1, 0.15) is 0 Å². The summed E-state index contributed by atoms with van der Waals surface area (Å²) in [5.41, 5.74) is 5.20. The SMILES string of the molecule is COC(=O)CN1CC(N(OC)C(N)=O)CCC1C#N. The van der Waals surface area contributed by atoms with Gasteiger partial charge in [-0.3, -0.25) is 14.5 Å². The van der Waals surface area contributed by atoms with Gasteiger partial charge in [0.2, 0.25) is 0 Å². The van der Waals surface area contributed by atoms with Gasteiger partial charge in [-0.1, -0.05) is 0 Å². The second-order valence-electron chi connectivity index (χ2n) is 4.23. The van der Waals surface area contributed by atoms with Crippen LogP contribution in [-0.4, -0.2) is 61.4 Å². The van der Waals surface area contributed by atoms with E-state index in [0.29, 0.717) is 19.4 Å². The predicted octanol–water partition coefficient (Wildman–Crippen LogP) is -0.542. The van der Waals surface area contributed by atoms with E-state index < -0.39 is 12.0 Å². The summed E-state index contributed by atoms with van der Waals surface area (Å²) < 4.78 is 4.59. The molecule has 1 rings (SSSR count). The first-order chi connectivity index (χ1) is 9.03. The van der Waals surface area contributed by atoms with E-state index in [1.54, 1.807) is 4.90 Å². The fourth-order valence-corrected chi connectivity index (χ4v) is 2.18. The number of carbonyl (C=O) groups excluding carboxylic acids is 2. The van der Waals surface area contributed by atoms with Crippen LogP contribution in [0.25, 0.3) is 0 Å². The van der Waals surface area contributed by atoms with E-state index in [2.05, 4.69) is 10.8 Å². The Kier molecular flexibility index (Phi) is 5.54. The Morgan fingerprint density at radius 2 is 2.16 bits per heavy atom. The minimum atomic E-state index is -0.694. The first-order valence-corrected chi connectivity index (χ1v) is 5.86. The van der Waals surface area contributed by atoms with E-state index in [4.69, 9.17) is 15.8 Å². The molecule has 1 aliphatic heterocycles. The lowest BCUT2D eigenvalue weighted by Crippen LogP contribution is -2.55. The Labute approximate surface area is 111 Å². The molecular formula is C11H18N4O4. The van der Waals surface area contributed by atoms with Gasteiger partial charge in [0, 0.05) is 6.54 Å². The average molecular weight is 270 g/mol. The molecule has 1 heterocycles. The third-order valence-corrected chi connectivity index (χ3v) is 3.11. The molecule has 0 aromatic heterocycles. The third-order valence-electron chi connectivity index (χ3n) is 3.11. The van der Waals surface area contributed by atoms with E-state index in [1.165, 1.54) is 14.2 Å². The van der Waals surface area contributed by atoms with Crippen LogP contribution in [0.4, 0.5) is 4.79 Å². The van der Waals surface area contributed by atoms with E-state index in [9.17, 15) is 9.59 Å². The number of hydrogen-bond donors (Lipinski definition) is 1. The monoisotopic (exact) mass is 270 g/mol. The van der Waals surface area contributed by atoms with Gasteiger partial charge in [-0.15, -0.1) is 0 Å². The number of rotatable bonds is 4. The molecule has 106 valence electrons. The fraction of sp³-hybridized carbons (Fsp3) is 0.727. The van der Waals surface area contributed by atoms with Crippen molar-refractivity contribution in [3.05, 3.63) is 0 Å². The molecule has 2 atom stereocenters. The van der Waals surface area contributed by atoms with E-state index in [-0.39, 0.29) is 18.6 Å². The highest BCUT2D eigenvalue weighted by Gasteiger charge is 2.34. The number of piperidine rings is 1. The normalized spacial score (nSPS) is 23.4. The van der Waals surface area contributed by atoms with Gasteiger partial charge in [0.25, 0.3) is 0 Å². The number of nitrogens with zero attached hydrogens (tertiary/aromatic N) is 3. The number of amides is 2. The van der Waals surface area contributed by atoms with Crippen molar-refractivity contribution < 1.29 is 19.2 Å². The quantitative estimate of drug-likeness (QED) is 0.542. The summed E-state index contributed by atoms with van der Waals surface area (Å²) in [6, 6.07) is 0.785. The predicted molar refractivity (Wildman–Crippen MR) is 64.4 cm³/mol. The number of hydroxylamine groups is 2. The van der Waals surface area contributed by atoms with Crippen LogP contribution in [0.2, 0.25) is 0 Å². The molecule has 0 aliphatic carbocycles. The molecule has 0 aromatic rings. The number of nitriles is 1.